The molecular weight excluding hydrogens is 314 g/mol. The molecule has 1 atom stereocenters. The second kappa shape index (κ2) is 8.19. The van der Waals surface area contributed by atoms with Crippen molar-refractivity contribution in [2.45, 2.75) is 25.7 Å². The molecule has 0 saturated heterocycles. The smallest absolute Gasteiger partial charge is 0.224 e. The van der Waals surface area contributed by atoms with E-state index >= 15 is 0 Å². The van der Waals surface area contributed by atoms with E-state index in [4.69, 9.17) is 0 Å². The summed E-state index contributed by atoms with van der Waals surface area (Å²) in [6.07, 6.45) is 2.89. The summed E-state index contributed by atoms with van der Waals surface area (Å²) in [6, 6.07) is 17.9. The maximum atomic E-state index is 12.2. The van der Waals surface area contributed by atoms with E-state index in [0.29, 0.717) is 18.9 Å². The molecule has 25 heavy (non-hydrogen) atoms. The second-order valence-corrected chi connectivity index (χ2v) is 5.92. The summed E-state index contributed by atoms with van der Waals surface area (Å²) in [5, 5.41) is 14.1. The van der Waals surface area contributed by atoms with Crippen molar-refractivity contribution in [3.8, 4) is 5.69 Å². The number of rotatable bonds is 7. The summed E-state index contributed by atoms with van der Waals surface area (Å²) in [4.78, 5) is 12.2. The Kier molecular flexibility index (Phi) is 5.51. The molecule has 0 bridgehead atoms. The van der Waals surface area contributed by atoms with Crippen molar-refractivity contribution < 1.29 is 4.79 Å². The molecule has 0 unspecified atom stereocenters. The molecule has 3 rings (SSSR count). The van der Waals surface area contributed by atoms with Crippen LogP contribution in [0.1, 0.15) is 30.4 Å². The standard InChI is InChI=1S/C19H21N5O/c1-2-16(17-6-4-3-5-7-17)13-20-19(25)12-15-8-10-18(11-9-15)24-14-21-22-23-24/h3-11,14,16H,2,12-13H2,1H3,(H,20,25)/t16-/m0/s1. The zero-order valence-corrected chi connectivity index (χ0v) is 14.2. The van der Waals surface area contributed by atoms with E-state index < -0.39 is 0 Å². The van der Waals surface area contributed by atoms with Crippen LogP contribution in [0, 0.1) is 0 Å². The third-order valence-electron chi connectivity index (χ3n) is 4.22. The lowest BCUT2D eigenvalue weighted by atomic mass is 9.96. The van der Waals surface area contributed by atoms with Crippen LogP contribution in [0.2, 0.25) is 0 Å². The van der Waals surface area contributed by atoms with Crippen LogP contribution in [-0.2, 0) is 11.2 Å². The van der Waals surface area contributed by atoms with Gasteiger partial charge in [-0.2, -0.15) is 0 Å². The van der Waals surface area contributed by atoms with E-state index in [-0.39, 0.29) is 5.91 Å². The predicted octanol–water partition coefficient (Wildman–Crippen LogP) is 2.51. The summed E-state index contributed by atoms with van der Waals surface area (Å²) in [7, 11) is 0. The predicted molar refractivity (Wildman–Crippen MR) is 95.3 cm³/mol. The molecule has 0 aliphatic carbocycles. The fourth-order valence-electron chi connectivity index (χ4n) is 2.75. The molecule has 1 amide bonds. The molecule has 1 heterocycles. The topological polar surface area (TPSA) is 72.7 Å². The Morgan fingerprint density at radius 1 is 1.12 bits per heavy atom. The highest BCUT2D eigenvalue weighted by Crippen LogP contribution is 2.18. The zero-order valence-electron chi connectivity index (χ0n) is 14.2. The Bertz CT molecular complexity index is 784. The first-order valence-corrected chi connectivity index (χ1v) is 8.40. The average Bonchev–Trinajstić information content (AvgIpc) is 3.18. The van der Waals surface area contributed by atoms with Gasteiger partial charge in [0, 0.05) is 12.5 Å². The van der Waals surface area contributed by atoms with Gasteiger partial charge < -0.3 is 5.32 Å². The molecular formula is C19H21N5O. The number of hydrogen-bond donors (Lipinski definition) is 1. The Balaban J connectivity index is 1.54. The number of nitrogens with one attached hydrogen (secondary N) is 1. The molecule has 2 aromatic carbocycles. The van der Waals surface area contributed by atoms with E-state index in [1.54, 1.807) is 4.68 Å². The fraction of sp³-hybridized carbons (Fsp3) is 0.263. The number of nitrogens with zero attached hydrogens (tertiary/aromatic N) is 4. The molecule has 0 aliphatic heterocycles. The third kappa shape index (κ3) is 4.50. The molecule has 1 aromatic heterocycles. The van der Waals surface area contributed by atoms with E-state index in [1.807, 2.05) is 42.5 Å². The Morgan fingerprint density at radius 3 is 2.52 bits per heavy atom. The minimum absolute atomic E-state index is 0.0320. The van der Waals surface area contributed by atoms with Crippen LogP contribution in [0.25, 0.3) is 5.69 Å². The van der Waals surface area contributed by atoms with Gasteiger partial charge in [-0.15, -0.1) is 5.10 Å². The Hall–Kier alpha value is -3.02. The van der Waals surface area contributed by atoms with E-state index in [9.17, 15) is 4.79 Å². The first kappa shape index (κ1) is 16.8. The first-order chi connectivity index (χ1) is 12.3. The van der Waals surface area contributed by atoms with Crippen molar-refractivity contribution in [2.75, 3.05) is 6.54 Å². The molecule has 128 valence electrons. The van der Waals surface area contributed by atoms with E-state index in [2.05, 4.69) is 39.9 Å². The van der Waals surface area contributed by atoms with Gasteiger partial charge in [-0.25, -0.2) is 4.68 Å². The van der Waals surface area contributed by atoms with Crippen LogP contribution in [0.5, 0.6) is 0 Å². The first-order valence-electron chi connectivity index (χ1n) is 8.40. The lowest BCUT2D eigenvalue weighted by Gasteiger charge is -2.16. The minimum atomic E-state index is 0.0320. The van der Waals surface area contributed by atoms with Gasteiger partial charge in [0.05, 0.1) is 12.1 Å². The largest absolute Gasteiger partial charge is 0.355 e. The van der Waals surface area contributed by atoms with E-state index in [0.717, 1.165) is 17.7 Å². The molecule has 0 saturated carbocycles. The zero-order chi connectivity index (χ0) is 17.5. The molecule has 6 nitrogen and oxygen atoms in total. The van der Waals surface area contributed by atoms with Crippen molar-refractivity contribution in [3.63, 3.8) is 0 Å². The van der Waals surface area contributed by atoms with Crippen molar-refractivity contribution in [1.29, 1.82) is 0 Å². The van der Waals surface area contributed by atoms with Gasteiger partial charge in [0.25, 0.3) is 0 Å². The number of carbonyl (C=O) groups excluding carboxylic acids is 1. The molecule has 6 heteroatoms. The lowest BCUT2D eigenvalue weighted by molar-refractivity contribution is -0.120. The van der Waals surface area contributed by atoms with Crippen LogP contribution in [0.3, 0.4) is 0 Å². The number of amides is 1. The third-order valence-corrected chi connectivity index (χ3v) is 4.22. The highest BCUT2D eigenvalue weighted by molar-refractivity contribution is 5.78. The Morgan fingerprint density at radius 2 is 1.88 bits per heavy atom. The average molecular weight is 335 g/mol. The summed E-state index contributed by atoms with van der Waals surface area (Å²) < 4.78 is 1.58. The van der Waals surface area contributed by atoms with Gasteiger partial charge in [-0.05, 0) is 40.1 Å². The Labute approximate surface area is 146 Å². The van der Waals surface area contributed by atoms with Crippen molar-refractivity contribution >= 4 is 5.91 Å². The highest BCUT2D eigenvalue weighted by atomic mass is 16.1. The highest BCUT2D eigenvalue weighted by Gasteiger charge is 2.11. The summed E-state index contributed by atoms with van der Waals surface area (Å²) in [5.74, 6) is 0.372. The number of carbonyl (C=O) groups is 1. The molecule has 0 spiro atoms. The molecule has 3 aromatic rings. The maximum absolute atomic E-state index is 12.2. The number of hydrogen-bond acceptors (Lipinski definition) is 4. The lowest BCUT2D eigenvalue weighted by Crippen LogP contribution is -2.29. The SMILES string of the molecule is CC[C@@H](CNC(=O)Cc1ccc(-n2cnnn2)cc1)c1ccccc1. The van der Waals surface area contributed by atoms with Crippen LogP contribution >= 0.6 is 0 Å². The van der Waals surface area contributed by atoms with Gasteiger partial charge in [-0.1, -0.05) is 49.4 Å². The quantitative estimate of drug-likeness (QED) is 0.720. The maximum Gasteiger partial charge on any atom is 0.224 e. The number of tetrazole rings is 1. The minimum Gasteiger partial charge on any atom is -0.355 e. The number of benzene rings is 2. The van der Waals surface area contributed by atoms with Gasteiger partial charge in [0.15, 0.2) is 0 Å². The summed E-state index contributed by atoms with van der Waals surface area (Å²) in [5.41, 5.74) is 3.09. The number of aromatic nitrogens is 4. The molecule has 1 N–H and O–H groups in total. The second-order valence-electron chi connectivity index (χ2n) is 5.92. The van der Waals surface area contributed by atoms with Crippen LogP contribution < -0.4 is 5.32 Å². The summed E-state index contributed by atoms with van der Waals surface area (Å²) in [6.45, 7) is 2.80. The normalized spacial score (nSPS) is 11.9. The van der Waals surface area contributed by atoms with Gasteiger partial charge >= 0.3 is 0 Å². The van der Waals surface area contributed by atoms with Crippen molar-refractivity contribution in [1.82, 2.24) is 25.5 Å². The fourth-order valence-corrected chi connectivity index (χ4v) is 2.75. The molecule has 0 aliphatic rings. The molecule has 0 fully saturated rings. The molecule has 0 radical (unpaired) electrons. The monoisotopic (exact) mass is 335 g/mol. The van der Waals surface area contributed by atoms with Crippen molar-refractivity contribution in [2.24, 2.45) is 0 Å². The van der Waals surface area contributed by atoms with E-state index in [1.165, 1.54) is 11.9 Å². The van der Waals surface area contributed by atoms with Crippen LogP contribution in [0.4, 0.5) is 0 Å². The summed E-state index contributed by atoms with van der Waals surface area (Å²) >= 11 is 0. The van der Waals surface area contributed by atoms with Crippen molar-refractivity contribution in [3.05, 3.63) is 72.1 Å². The van der Waals surface area contributed by atoms with Gasteiger partial charge in [0.2, 0.25) is 5.91 Å². The van der Waals surface area contributed by atoms with Gasteiger partial charge in [-0.3, -0.25) is 4.79 Å². The van der Waals surface area contributed by atoms with Gasteiger partial charge in [0.1, 0.15) is 6.33 Å². The van der Waals surface area contributed by atoms with Crippen LogP contribution in [0.15, 0.2) is 60.9 Å². The van der Waals surface area contributed by atoms with Crippen LogP contribution in [-0.4, -0.2) is 32.7 Å².